The van der Waals surface area contributed by atoms with Crippen LogP contribution in [0.5, 0.6) is 5.75 Å². The predicted octanol–water partition coefficient (Wildman–Crippen LogP) is 2.05. The number of aromatic hydroxyl groups is 1. The molecule has 0 fully saturated rings. The van der Waals surface area contributed by atoms with E-state index in [4.69, 9.17) is 5.11 Å². The Hall–Kier alpha value is -2.36. The van der Waals surface area contributed by atoms with Gasteiger partial charge in [0.15, 0.2) is 0 Å². The summed E-state index contributed by atoms with van der Waals surface area (Å²) in [7, 11) is 0. The second-order valence-corrected chi connectivity index (χ2v) is 3.62. The van der Waals surface area contributed by atoms with Gasteiger partial charge in [0.25, 0.3) is 0 Å². The number of benzene rings is 2. The second kappa shape index (κ2) is 4.65. The quantitative estimate of drug-likeness (QED) is 0.791. The van der Waals surface area contributed by atoms with Gasteiger partial charge in [0.05, 0.1) is 0 Å². The van der Waals surface area contributed by atoms with Crippen LogP contribution in [0.1, 0.15) is 5.56 Å². The van der Waals surface area contributed by atoms with Gasteiger partial charge < -0.3 is 10.2 Å². The van der Waals surface area contributed by atoms with Crippen molar-refractivity contribution >= 4 is 23.0 Å². The lowest BCUT2D eigenvalue weighted by Crippen LogP contribution is -1.99. The molecule has 4 nitrogen and oxygen atoms in total. The third-order valence-electron chi connectivity index (χ3n) is 2.35. The maximum Gasteiger partial charge on any atom is 0.325 e. The highest BCUT2D eigenvalue weighted by atomic mass is 16.4. The fourth-order valence-corrected chi connectivity index (χ4v) is 1.57. The third kappa shape index (κ3) is 2.60. The van der Waals surface area contributed by atoms with E-state index in [9.17, 15) is 9.90 Å². The molecule has 0 aliphatic heterocycles. The Morgan fingerprint density at radius 1 is 1.24 bits per heavy atom. The van der Waals surface area contributed by atoms with Crippen molar-refractivity contribution in [3.05, 3.63) is 42.0 Å². The van der Waals surface area contributed by atoms with Gasteiger partial charge >= 0.3 is 5.97 Å². The number of carboxylic acid groups (broad SMARTS) is 1. The minimum atomic E-state index is -0.999. The van der Waals surface area contributed by atoms with Gasteiger partial charge in [-0.2, -0.15) is 0 Å². The topological polar surface area (TPSA) is 69.9 Å². The van der Waals surface area contributed by atoms with Crippen molar-refractivity contribution in [2.24, 2.45) is 4.99 Å². The number of phenols is 1. The van der Waals surface area contributed by atoms with Gasteiger partial charge in [0.1, 0.15) is 12.3 Å². The number of nitrogens with zero attached hydrogens (tertiary/aromatic N) is 1. The van der Waals surface area contributed by atoms with E-state index in [0.717, 1.165) is 10.8 Å². The van der Waals surface area contributed by atoms with Crippen molar-refractivity contribution in [3.8, 4) is 5.75 Å². The van der Waals surface area contributed by atoms with Crippen molar-refractivity contribution in [1.82, 2.24) is 0 Å². The number of fused-ring (bicyclic) bond motifs is 1. The lowest BCUT2D eigenvalue weighted by molar-refractivity contribution is -0.135. The summed E-state index contributed by atoms with van der Waals surface area (Å²) in [6.45, 7) is -0.299. The zero-order valence-electron chi connectivity index (χ0n) is 9.00. The number of carbonyl (C=O) groups is 1. The molecule has 4 heteroatoms. The fraction of sp³-hybridized carbons (Fsp3) is 0.0769. The third-order valence-corrected chi connectivity index (χ3v) is 2.35. The van der Waals surface area contributed by atoms with Crippen LogP contribution in [-0.4, -0.2) is 28.9 Å². The lowest BCUT2D eigenvalue weighted by Gasteiger charge is -2.02. The van der Waals surface area contributed by atoms with Crippen LogP contribution in [0, 0.1) is 0 Å². The number of phenolic OH excluding ortho intramolecular Hbond substituents is 1. The first kappa shape index (κ1) is 11.1. The summed E-state index contributed by atoms with van der Waals surface area (Å²) in [5.41, 5.74) is 0.518. The van der Waals surface area contributed by atoms with Crippen LogP contribution in [0.25, 0.3) is 10.8 Å². The highest BCUT2D eigenvalue weighted by molar-refractivity contribution is 5.94. The molecule has 2 aromatic rings. The van der Waals surface area contributed by atoms with E-state index in [2.05, 4.69) is 4.99 Å². The van der Waals surface area contributed by atoms with Crippen molar-refractivity contribution in [2.45, 2.75) is 0 Å². The van der Waals surface area contributed by atoms with E-state index < -0.39 is 5.97 Å². The van der Waals surface area contributed by atoms with Gasteiger partial charge in [-0.25, -0.2) is 0 Å². The Morgan fingerprint density at radius 3 is 2.53 bits per heavy atom. The number of aliphatic imine (C=N–C) groups is 1. The van der Waals surface area contributed by atoms with Gasteiger partial charge in [-0.05, 0) is 22.9 Å². The molecular weight excluding hydrogens is 218 g/mol. The molecule has 0 radical (unpaired) electrons. The average molecular weight is 229 g/mol. The molecule has 0 saturated carbocycles. The summed E-state index contributed by atoms with van der Waals surface area (Å²) >= 11 is 0. The second-order valence-electron chi connectivity index (χ2n) is 3.62. The zero-order chi connectivity index (χ0) is 12.3. The molecular formula is C13H11NO3. The van der Waals surface area contributed by atoms with Crippen LogP contribution in [0.15, 0.2) is 41.4 Å². The van der Waals surface area contributed by atoms with Crippen LogP contribution < -0.4 is 0 Å². The summed E-state index contributed by atoms with van der Waals surface area (Å²) in [5.74, 6) is -0.903. The smallest absolute Gasteiger partial charge is 0.325 e. The summed E-state index contributed by atoms with van der Waals surface area (Å²) in [6, 6.07) is 11.0. The first-order chi connectivity index (χ1) is 8.16. The van der Waals surface area contributed by atoms with Crippen molar-refractivity contribution < 1.29 is 15.0 Å². The molecule has 0 heterocycles. The minimum Gasteiger partial charge on any atom is -0.507 e. The Kier molecular flexibility index (Phi) is 3.05. The van der Waals surface area contributed by atoms with Crippen molar-refractivity contribution in [1.29, 1.82) is 0 Å². The number of aliphatic carboxylic acids is 1. The van der Waals surface area contributed by atoms with Gasteiger partial charge in [0.2, 0.25) is 0 Å². The van der Waals surface area contributed by atoms with E-state index in [0.29, 0.717) is 5.56 Å². The molecule has 0 atom stereocenters. The molecule has 2 N–H and O–H groups in total. The molecule has 0 saturated heterocycles. The molecule has 0 spiro atoms. The SMILES string of the molecule is O=C(O)CN=Cc1cc2ccccc2cc1O. The van der Waals surface area contributed by atoms with Crippen LogP contribution in [0.3, 0.4) is 0 Å². The number of carboxylic acids is 1. The minimum absolute atomic E-state index is 0.0952. The van der Waals surface area contributed by atoms with Gasteiger partial charge in [0, 0.05) is 11.8 Å². The van der Waals surface area contributed by atoms with E-state index >= 15 is 0 Å². The zero-order valence-corrected chi connectivity index (χ0v) is 9.00. The summed E-state index contributed by atoms with van der Waals surface area (Å²) < 4.78 is 0. The van der Waals surface area contributed by atoms with Crippen LogP contribution >= 0.6 is 0 Å². The molecule has 86 valence electrons. The molecule has 17 heavy (non-hydrogen) atoms. The van der Waals surface area contributed by atoms with E-state index in [-0.39, 0.29) is 12.3 Å². The Balaban J connectivity index is 2.37. The normalized spacial score (nSPS) is 11.1. The van der Waals surface area contributed by atoms with Gasteiger partial charge in [-0.3, -0.25) is 9.79 Å². The lowest BCUT2D eigenvalue weighted by atomic mass is 10.1. The summed E-state index contributed by atoms with van der Waals surface area (Å²) in [6.07, 6.45) is 1.37. The Labute approximate surface area is 97.9 Å². The maximum absolute atomic E-state index is 10.3. The molecule has 0 unspecified atom stereocenters. The first-order valence-corrected chi connectivity index (χ1v) is 5.10. The van der Waals surface area contributed by atoms with Crippen LogP contribution in [-0.2, 0) is 4.79 Å². The van der Waals surface area contributed by atoms with Crippen molar-refractivity contribution in [3.63, 3.8) is 0 Å². The Bertz CT molecular complexity index is 590. The Morgan fingerprint density at radius 2 is 1.88 bits per heavy atom. The predicted molar refractivity (Wildman–Crippen MR) is 65.7 cm³/mol. The van der Waals surface area contributed by atoms with Crippen LogP contribution in [0.2, 0.25) is 0 Å². The molecule has 2 aromatic carbocycles. The van der Waals surface area contributed by atoms with E-state index in [1.54, 1.807) is 12.1 Å². The average Bonchev–Trinajstić information content (AvgIpc) is 2.29. The number of rotatable bonds is 3. The summed E-state index contributed by atoms with van der Waals surface area (Å²) in [4.78, 5) is 14.0. The fourth-order valence-electron chi connectivity index (χ4n) is 1.57. The van der Waals surface area contributed by atoms with E-state index in [1.165, 1.54) is 6.21 Å². The summed E-state index contributed by atoms with van der Waals surface area (Å²) in [5, 5.41) is 20.1. The van der Waals surface area contributed by atoms with Crippen molar-refractivity contribution in [2.75, 3.05) is 6.54 Å². The number of hydrogen-bond donors (Lipinski definition) is 2. The monoisotopic (exact) mass is 229 g/mol. The molecule has 0 aliphatic rings. The largest absolute Gasteiger partial charge is 0.507 e. The molecule has 0 amide bonds. The molecule has 0 bridgehead atoms. The van der Waals surface area contributed by atoms with E-state index in [1.807, 2.05) is 24.3 Å². The van der Waals surface area contributed by atoms with Gasteiger partial charge in [-0.15, -0.1) is 0 Å². The maximum atomic E-state index is 10.3. The molecule has 0 aromatic heterocycles. The standard InChI is InChI=1S/C13H11NO3/c15-12-6-10-4-2-1-3-9(10)5-11(12)7-14-8-13(16)17/h1-7,15H,8H2,(H,16,17). The van der Waals surface area contributed by atoms with Crippen LogP contribution in [0.4, 0.5) is 0 Å². The highest BCUT2D eigenvalue weighted by Crippen LogP contribution is 2.23. The molecule has 0 aliphatic carbocycles. The number of hydrogen-bond acceptors (Lipinski definition) is 3. The highest BCUT2D eigenvalue weighted by Gasteiger charge is 2.01. The van der Waals surface area contributed by atoms with Gasteiger partial charge in [-0.1, -0.05) is 24.3 Å². The molecule has 2 rings (SSSR count). The first-order valence-electron chi connectivity index (χ1n) is 5.10.